The van der Waals surface area contributed by atoms with Crippen molar-refractivity contribution in [3.8, 4) is 5.75 Å². The summed E-state index contributed by atoms with van der Waals surface area (Å²) in [6, 6.07) is 7.90. The molecule has 0 aliphatic heterocycles. The Balaban J connectivity index is 2.13. The molecule has 0 fully saturated rings. The second kappa shape index (κ2) is 5.41. The van der Waals surface area contributed by atoms with Crippen LogP contribution in [0.4, 0.5) is 0 Å². The first-order chi connectivity index (χ1) is 8.31. The molecule has 0 amide bonds. The molecule has 0 spiro atoms. The van der Waals surface area contributed by atoms with Gasteiger partial charge in [-0.25, -0.2) is 9.97 Å². The van der Waals surface area contributed by atoms with Gasteiger partial charge in [0.1, 0.15) is 11.6 Å². The van der Waals surface area contributed by atoms with Crippen molar-refractivity contribution in [2.24, 2.45) is 5.73 Å². The highest BCUT2D eigenvalue weighted by Gasteiger charge is 2.01. The molecular formula is C13H15N3O. The van der Waals surface area contributed by atoms with Crippen molar-refractivity contribution in [1.29, 1.82) is 0 Å². The van der Waals surface area contributed by atoms with Crippen LogP contribution in [-0.4, -0.2) is 17.1 Å². The van der Waals surface area contributed by atoms with Crippen molar-refractivity contribution in [2.45, 2.75) is 13.0 Å². The zero-order valence-electron chi connectivity index (χ0n) is 9.76. The molecule has 0 saturated carbocycles. The van der Waals surface area contributed by atoms with E-state index in [0.29, 0.717) is 13.0 Å². The van der Waals surface area contributed by atoms with E-state index in [2.05, 4.69) is 9.97 Å². The maximum absolute atomic E-state index is 5.49. The highest BCUT2D eigenvalue weighted by Crippen LogP contribution is 2.14. The summed E-state index contributed by atoms with van der Waals surface area (Å²) in [6.07, 6.45) is 4.23. The monoisotopic (exact) mass is 229 g/mol. The Morgan fingerprint density at radius 2 is 1.94 bits per heavy atom. The first kappa shape index (κ1) is 11.5. The van der Waals surface area contributed by atoms with Crippen molar-refractivity contribution in [3.05, 3.63) is 53.6 Å². The zero-order valence-corrected chi connectivity index (χ0v) is 9.76. The summed E-state index contributed by atoms with van der Waals surface area (Å²) in [5.74, 6) is 1.64. The van der Waals surface area contributed by atoms with Crippen LogP contribution >= 0.6 is 0 Å². The molecule has 0 bridgehead atoms. The molecule has 1 heterocycles. The van der Waals surface area contributed by atoms with Crippen LogP contribution in [-0.2, 0) is 13.0 Å². The molecule has 1 aromatic heterocycles. The number of rotatable bonds is 4. The minimum absolute atomic E-state index is 0.472. The van der Waals surface area contributed by atoms with Gasteiger partial charge in [-0.2, -0.15) is 0 Å². The lowest BCUT2D eigenvalue weighted by molar-refractivity contribution is 0.414. The fraction of sp³-hybridized carbons (Fsp3) is 0.231. The zero-order chi connectivity index (χ0) is 12.1. The molecule has 1 aromatic carbocycles. The van der Waals surface area contributed by atoms with E-state index in [1.165, 1.54) is 0 Å². The average Bonchev–Trinajstić information content (AvgIpc) is 2.40. The minimum atomic E-state index is 0.472. The molecule has 0 aliphatic carbocycles. The lowest BCUT2D eigenvalue weighted by Gasteiger charge is -2.04. The summed E-state index contributed by atoms with van der Waals surface area (Å²) in [4.78, 5) is 8.54. The number of hydrogen-bond acceptors (Lipinski definition) is 4. The molecule has 88 valence electrons. The van der Waals surface area contributed by atoms with E-state index < -0.39 is 0 Å². The largest absolute Gasteiger partial charge is 0.497 e. The molecule has 0 atom stereocenters. The predicted molar refractivity (Wildman–Crippen MR) is 65.7 cm³/mol. The Hall–Kier alpha value is -1.94. The van der Waals surface area contributed by atoms with E-state index in [0.717, 1.165) is 22.7 Å². The third-order valence-electron chi connectivity index (χ3n) is 2.49. The summed E-state index contributed by atoms with van der Waals surface area (Å²) in [7, 11) is 1.66. The molecule has 0 aliphatic rings. The molecule has 4 heteroatoms. The second-order valence-electron chi connectivity index (χ2n) is 3.74. The highest BCUT2D eigenvalue weighted by molar-refractivity contribution is 5.30. The number of ether oxygens (including phenoxy) is 1. The van der Waals surface area contributed by atoms with Gasteiger partial charge in [0.25, 0.3) is 0 Å². The van der Waals surface area contributed by atoms with Crippen molar-refractivity contribution in [2.75, 3.05) is 7.11 Å². The molecule has 0 unspecified atom stereocenters. The fourth-order valence-electron chi connectivity index (χ4n) is 1.54. The van der Waals surface area contributed by atoms with Gasteiger partial charge in [0.15, 0.2) is 0 Å². The number of aromatic nitrogens is 2. The molecule has 0 radical (unpaired) electrons. The van der Waals surface area contributed by atoms with Crippen LogP contribution in [0.15, 0.2) is 36.7 Å². The van der Waals surface area contributed by atoms with Crippen LogP contribution in [0.1, 0.15) is 17.0 Å². The van der Waals surface area contributed by atoms with Gasteiger partial charge in [0.05, 0.1) is 7.11 Å². The summed E-state index contributed by atoms with van der Waals surface area (Å²) < 4.78 is 5.17. The summed E-state index contributed by atoms with van der Waals surface area (Å²) in [6.45, 7) is 0.472. The molecule has 4 nitrogen and oxygen atoms in total. The maximum atomic E-state index is 5.49. The van der Waals surface area contributed by atoms with Gasteiger partial charge in [0.2, 0.25) is 0 Å². The summed E-state index contributed by atoms with van der Waals surface area (Å²) >= 11 is 0. The lowest BCUT2D eigenvalue weighted by atomic mass is 10.1. The number of methoxy groups -OCH3 is 1. The quantitative estimate of drug-likeness (QED) is 0.863. The van der Waals surface area contributed by atoms with Crippen molar-refractivity contribution in [1.82, 2.24) is 9.97 Å². The summed E-state index contributed by atoms with van der Waals surface area (Å²) in [5.41, 5.74) is 7.57. The molecule has 0 saturated heterocycles. The fourth-order valence-corrected chi connectivity index (χ4v) is 1.54. The number of nitrogens with zero attached hydrogens (tertiary/aromatic N) is 2. The van der Waals surface area contributed by atoms with Gasteiger partial charge >= 0.3 is 0 Å². The van der Waals surface area contributed by atoms with E-state index >= 15 is 0 Å². The molecule has 17 heavy (non-hydrogen) atoms. The molecular weight excluding hydrogens is 214 g/mol. The Morgan fingerprint density at radius 1 is 1.18 bits per heavy atom. The topological polar surface area (TPSA) is 61.0 Å². The van der Waals surface area contributed by atoms with E-state index in [1.54, 1.807) is 19.5 Å². The lowest BCUT2D eigenvalue weighted by Crippen LogP contribution is -2.01. The van der Waals surface area contributed by atoms with Crippen molar-refractivity contribution >= 4 is 0 Å². The van der Waals surface area contributed by atoms with Crippen LogP contribution in [0.5, 0.6) is 5.75 Å². The smallest absolute Gasteiger partial charge is 0.132 e. The number of nitrogens with two attached hydrogens (primary N) is 1. The SMILES string of the molecule is COc1cccc(Cc2ncc(CN)cn2)c1. The van der Waals surface area contributed by atoms with E-state index in [1.807, 2.05) is 24.3 Å². The minimum Gasteiger partial charge on any atom is -0.497 e. The van der Waals surface area contributed by atoms with Gasteiger partial charge in [-0.15, -0.1) is 0 Å². The Kier molecular flexibility index (Phi) is 3.67. The van der Waals surface area contributed by atoms with Crippen LogP contribution < -0.4 is 10.5 Å². The highest BCUT2D eigenvalue weighted by atomic mass is 16.5. The number of benzene rings is 1. The van der Waals surface area contributed by atoms with Gasteiger partial charge in [-0.05, 0) is 17.7 Å². The maximum Gasteiger partial charge on any atom is 0.132 e. The van der Waals surface area contributed by atoms with Crippen LogP contribution in [0.2, 0.25) is 0 Å². The van der Waals surface area contributed by atoms with E-state index in [9.17, 15) is 0 Å². The standard InChI is InChI=1S/C13H15N3O/c1-17-12-4-2-3-10(5-12)6-13-15-8-11(7-14)9-16-13/h2-5,8-9H,6-7,14H2,1H3. The van der Waals surface area contributed by atoms with Crippen LogP contribution in [0, 0.1) is 0 Å². The summed E-state index contributed by atoms with van der Waals surface area (Å²) in [5, 5.41) is 0. The van der Waals surface area contributed by atoms with Gasteiger partial charge in [-0.1, -0.05) is 12.1 Å². The Bertz CT molecular complexity index is 482. The average molecular weight is 229 g/mol. The van der Waals surface area contributed by atoms with Gasteiger partial charge < -0.3 is 10.5 Å². The van der Waals surface area contributed by atoms with Gasteiger partial charge in [0, 0.05) is 30.9 Å². The molecule has 2 N–H and O–H groups in total. The third kappa shape index (κ3) is 3.01. The number of hydrogen-bond donors (Lipinski definition) is 1. The van der Waals surface area contributed by atoms with E-state index in [4.69, 9.17) is 10.5 Å². The second-order valence-corrected chi connectivity index (χ2v) is 3.74. The van der Waals surface area contributed by atoms with Crippen molar-refractivity contribution in [3.63, 3.8) is 0 Å². The normalized spacial score (nSPS) is 10.2. The van der Waals surface area contributed by atoms with Crippen LogP contribution in [0.3, 0.4) is 0 Å². The Morgan fingerprint density at radius 3 is 2.59 bits per heavy atom. The predicted octanol–water partition coefficient (Wildman–Crippen LogP) is 1.53. The molecule has 2 rings (SSSR count). The Labute approximate surface area is 100 Å². The van der Waals surface area contributed by atoms with E-state index in [-0.39, 0.29) is 0 Å². The van der Waals surface area contributed by atoms with Crippen molar-refractivity contribution < 1.29 is 4.74 Å². The first-order valence-electron chi connectivity index (χ1n) is 5.44. The van der Waals surface area contributed by atoms with Gasteiger partial charge in [-0.3, -0.25) is 0 Å². The first-order valence-corrected chi connectivity index (χ1v) is 5.44. The third-order valence-corrected chi connectivity index (χ3v) is 2.49. The van der Waals surface area contributed by atoms with Crippen LogP contribution in [0.25, 0.3) is 0 Å². The molecule has 2 aromatic rings.